The Balaban J connectivity index is 0.000000798. The highest BCUT2D eigenvalue weighted by Crippen LogP contribution is 2.27. The van der Waals surface area contributed by atoms with Gasteiger partial charge in [-0.15, -0.1) is 5.10 Å². The topological polar surface area (TPSA) is 91.8 Å². The van der Waals surface area contributed by atoms with Gasteiger partial charge in [-0.3, -0.25) is 15.0 Å². The van der Waals surface area contributed by atoms with Gasteiger partial charge >= 0.3 is 0 Å². The Bertz CT molecular complexity index is 739. The smallest absolute Gasteiger partial charge is 0.277 e. The molecule has 1 unspecified atom stereocenters. The van der Waals surface area contributed by atoms with Crippen molar-refractivity contribution in [3.05, 3.63) is 23.9 Å². The minimum Gasteiger partial charge on any atom is -0.477 e. The first kappa shape index (κ1) is 32.8. The number of carbonyl (C=O) groups excluding carboxylic acids is 2. The predicted octanol–water partition coefficient (Wildman–Crippen LogP) is 5.28. The maximum Gasteiger partial charge on any atom is 0.277 e. The monoisotopic (exact) mass is 508 g/mol. The van der Waals surface area contributed by atoms with Crippen molar-refractivity contribution in [1.82, 2.24) is 16.1 Å². The molecule has 0 aromatic carbocycles. The largest absolute Gasteiger partial charge is 0.477 e. The highest BCUT2D eigenvalue weighted by molar-refractivity contribution is 7.78. The minimum atomic E-state index is -0.630. The number of hydrogen-bond acceptors (Lipinski definition) is 6. The SMILES string of the molecule is CC.CNC1=CC(C)(C)CC=C1.CO/C(=N\NC=S)C(=O)C(CC(C)C)NC(=O)C1CCCCC1. The summed E-state index contributed by atoms with van der Waals surface area (Å²) in [5.41, 5.74) is 5.18. The highest BCUT2D eigenvalue weighted by Gasteiger charge is 2.30. The molecular weight excluding hydrogens is 460 g/mol. The van der Waals surface area contributed by atoms with E-state index in [-0.39, 0.29) is 29.4 Å². The number of amides is 1. The van der Waals surface area contributed by atoms with Crippen molar-refractivity contribution in [1.29, 1.82) is 0 Å². The number of hydrogen-bond donors (Lipinski definition) is 3. The van der Waals surface area contributed by atoms with Crippen LogP contribution in [0.25, 0.3) is 0 Å². The van der Waals surface area contributed by atoms with Crippen molar-refractivity contribution in [2.75, 3.05) is 14.2 Å². The third kappa shape index (κ3) is 13.4. The van der Waals surface area contributed by atoms with Crippen LogP contribution in [-0.4, -0.2) is 43.3 Å². The summed E-state index contributed by atoms with van der Waals surface area (Å²) in [6, 6.07) is -0.630. The first-order chi connectivity index (χ1) is 16.6. The number of nitrogens with one attached hydrogen (secondary N) is 3. The normalized spacial score (nSPS) is 18.0. The van der Waals surface area contributed by atoms with Crippen molar-refractivity contribution < 1.29 is 14.3 Å². The summed E-state index contributed by atoms with van der Waals surface area (Å²) in [4.78, 5) is 25.0. The van der Waals surface area contributed by atoms with E-state index in [1.54, 1.807) is 0 Å². The summed E-state index contributed by atoms with van der Waals surface area (Å²) in [7, 11) is 3.33. The molecule has 2 aliphatic rings. The third-order valence-electron chi connectivity index (χ3n) is 5.72. The Morgan fingerprint density at radius 1 is 1.23 bits per heavy atom. The molecule has 0 aromatic rings. The van der Waals surface area contributed by atoms with Crippen LogP contribution >= 0.6 is 12.2 Å². The molecule has 7 nitrogen and oxygen atoms in total. The number of nitrogens with zero attached hydrogens (tertiary/aromatic N) is 1. The van der Waals surface area contributed by atoms with Crippen LogP contribution in [0.15, 0.2) is 29.0 Å². The molecule has 0 heterocycles. The van der Waals surface area contributed by atoms with E-state index in [2.05, 4.69) is 65.5 Å². The van der Waals surface area contributed by atoms with Crippen LogP contribution in [0, 0.1) is 17.3 Å². The number of thiocarbonyl (C=S) groups is 1. The quantitative estimate of drug-likeness (QED) is 0.170. The lowest BCUT2D eigenvalue weighted by molar-refractivity contribution is -0.129. The molecule has 3 N–H and O–H groups in total. The van der Waals surface area contributed by atoms with Gasteiger partial charge in [0.25, 0.3) is 5.90 Å². The van der Waals surface area contributed by atoms with Gasteiger partial charge in [0, 0.05) is 18.7 Å². The van der Waals surface area contributed by atoms with Gasteiger partial charge in [-0.25, -0.2) is 0 Å². The molecule has 0 bridgehead atoms. The number of allylic oxidation sites excluding steroid dienone is 3. The average Bonchev–Trinajstić information content (AvgIpc) is 2.85. The van der Waals surface area contributed by atoms with Crippen LogP contribution in [0.5, 0.6) is 0 Å². The first-order valence-corrected chi connectivity index (χ1v) is 13.3. The van der Waals surface area contributed by atoms with Crippen molar-refractivity contribution in [3.63, 3.8) is 0 Å². The van der Waals surface area contributed by atoms with E-state index in [0.29, 0.717) is 11.8 Å². The zero-order valence-corrected chi connectivity index (χ0v) is 23.9. The fourth-order valence-corrected chi connectivity index (χ4v) is 4.02. The molecule has 0 aliphatic heterocycles. The lowest BCUT2D eigenvalue weighted by Crippen LogP contribution is -2.47. The molecule has 1 amide bonds. The molecule has 8 heteroatoms. The van der Waals surface area contributed by atoms with Crippen molar-refractivity contribution in [2.45, 2.75) is 92.5 Å². The van der Waals surface area contributed by atoms with Gasteiger partial charge < -0.3 is 15.4 Å². The molecular formula is C27H48N4O3S. The van der Waals surface area contributed by atoms with Crippen LogP contribution in [-0.2, 0) is 14.3 Å². The molecule has 200 valence electrons. The molecule has 0 saturated heterocycles. The maximum absolute atomic E-state index is 12.6. The van der Waals surface area contributed by atoms with Crippen LogP contribution in [0.1, 0.15) is 86.5 Å². The Kier molecular flexibility index (Phi) is 17.0. The lowest BCUT2D eigenvalue weighted by Gasteiger charge is -2.25. The molecule has 1 saturated carbocycles. The highest BCUT2D eigenvalue weighted by atomic mass is 32.1. The van der Waals surface area contributed by atoms with Crippen LogP contribution in [0.3, 0.4) is 0 Å². The number of carbonyl (C=O) groups is 2. The average molecular weight is 509 g/mol. The fraction of sp³-hybridized carbons (Fsp3) is 0.704. The summed E-state index contributed by atoms with van der Waals surface area (Å²) in [6.45, 7) is 12.5. The van der Waals surface area contributed by atoms with E-state index >= 15 is 0 Å². The molecule has 1 atom stereocenters. The molecule has 2 aliphatic carbocycles. The zero-order chi connectivity index (χ0) is 26.9. The molecule has 2 rings (SSSR count). The van der Waals surface area contributed by atoms with Crippen LogP contribution < -0.4 is 16.1 Å². The summed E-state index contributed by atoms with van der Waals surface area (Å²) < 4.78 is 5.02. The molecule has 35 heavy (non-hydrogen) atoms. The Morgan fingerprint density at radius 3 is 2.31 bits per heavy atom. The number of ether oxygens (including phenoxy) is 1. The van der Waals surface area contributed by atoms with Crippen molar-refractivity contribution in [2.24, 2.45) is 22.4 Å². The standard InChI is InChI=1S/C16H27N3O3S.C9H15N.C2H6/c1-11(2)9-13(14(20)16(22-3)19-17-10-23)18-15(21)12-7-5-4-6-8-12;1-9(2)6-4-5-8(7-9)10-3;1-2/h10-13H,4-9H2,1-3H3,(H,17,23)(H,18,21);4-5,7,10H,6H2,1-3H3;1-2H3/b19-16-;;. The maximum atomic E-state index is 12.6. The van der Waals surface area contributed by atoms with Crippen LogP contribution in [0.4, 0.5) is 0 Å². The van der Waals surface area contributed by atoms with E-state index in [1.165, 1.54) is 24.7 Å². The molecule has 0 radical (unpaired) electrons. The third-order valence-corrected chi connectivity index (χ3v) is 5.82. The Hall–Kier alpha value is -2.22. The summed E-state index contributed by atoms with van der Waals surface area (Å²) >= 11 is 4.62. The van der Waals surface area contributed by atoms with Crippen LogP contribution in [0.2, 0.25) is 0 Å². The summed E-state index contributed by atoms with van der Waals surface area (Å²) in [5.74, 6) is -0.196. The Labute approximate surface area is 218 Å². The second kappa shape index (κ2) is 18.1. The molecule has 0 aromatic heterocycles. The zero-order valence-electron chi connectivity index (χ0n) is 23.1. The lowest BCUT2D eigenvalue weighted by atomic mass is 9.85. The van der Waals surface area contributed by atoms with Gasteiger partial charge in [-0.1, -0.05) is 85.2 Å². The number of hydrazone groups is 1. The number of ketones is 1. The number of methoxy groups -OCH3 is 1. The van der Waals surface area contributed by atoms with Gasteiger partial charge in [-0.2, -0.15) is 0 Å². The summed E-state index contributed by atoms with van der Waals surface area (Å²) in [5, 5.41) is 9.82. The van der Waals surface area contributed by atoms with E-state index in [4.69, 9.17) is 4.74 Å². The predicted molar refractivity (Wildman–Crippen MR) is 150 cm³/mol. The van der Waals surface area contributed by atoms with Crippen molar-refractivity contribution in [3.8, 4) is 0 Å². The van der Waals surface area contributed by atoms with Crippen molar-refractivity contribution >= 4 is 35.3 Å². The minimum absolute atomic E-state index is 0.00764. The molecule has 1 fully saturated rings. The second-order valence-corrected chi connectivity index (χ2v) is 9.94. The van der Waals surface area contributed by atoms with E-state index in [0.717, 1.165) is 32.1 Å². The molecule has 0 spiro atoms. The number of likely N-dealkylation sites (N-methyl/N-ethyl adjacent to an activating group) is 1. The number of Topliss-reactive ketones (excluding diaryl/α,β-unsaturated/α-hetero) is 1. The first-order valence-electron chi connectivity index (χ1n) is 12.9. The van der Waals surface area contributed by atoms with Gasteiger partial charge in [0.1, 0.15) is 0 Å². The van der Waals surface area contributed by atoms with E-state index in [9.17, 15) is 9.59 Å². The van der Waals surface area contributed by atoms with Gasteiger partial charge in [0.05, 0.1) is 18.6 Å². The van der Waals surface area contributed by atoms with E-state index < -0.39 is 6.04 Å². The second-order valence-electron chi connectivity index (χ2n) is 9.70. The van der Waals surface area contributed by atoms with E-state index in [1.807, 2.05) is 34.7 Å². The Morgan fingerprint density at radius 2 is 1.86 bits per heavy atom. The van der Waals surface area contributed by atoms with Gasteiger partial charge in [0.2, 0.25) is 11.7 Å². The fourth-order valence-electron chi connectivity index (χ4n) is 3.97. The number of rotatable bonds is 9. The van der Waals surface area contributed by atoms with Gasteiger partial charge in [-0.05, 0) is 43.1 Å². The van der Waals surface area contributed by atoms with Gasteiger partial charge in [0.15, 0.2) is 0 Å². The summed E-state index contributed by atoms with van der Waals surface area (Å²) in [6.07, 6.45) is 13.4.